The molecule has 0 bridgehead atoms. The number of piperidine rings is 1. The molecule has 5 nitrogen and oxygen atoms in total. The Morgan fingerprint density at radius 3 is 2.73 bits per heavy atom. The van der Waals surface area contributed by atoms with Crippen molar-refractivity contribution in [1.29, 1.82) is 0 Å². The quantitative estimate of drug-likeness (QED) is 0.908. The van der Waals surface area contributed by atoms with Crippen LogP contribution in [0.1, 0.15) is 25.3 Å². The number of benzene rings is 1. The number of ether oxygens (including phenoxy) is 2. The van der Waals surface area contributed by atoms with E-state index in [4.69, 9.17) is 9.47 Å². The van der Waals surface area contributed by atoms with E-state index in [2.05, 4.69) is 5.32 Å². The molecule has 0 aliphatic carbocycles. The molecular formula is C16H23FN2O3. The standard InChI is InChI=1S/C16H23FN2O3/c1-3-22-16(20)19-8-6-13(7-9-19)18-11-12-4-5-15(21-2)14(17)10-12/h4-5,10,13,18H,3,6-9,11H2,1-2H3. The first-order valence-corrected chi connectivity index (χ1v) is 7.61. The zero-order chi connectivity index (χ0) is 15.9. The van der Waals surface area contributed by atoms with Crippen molar-refractivity contribution in [1.82, 2.24) is 10.2 Å². The number of hydrogen-bond acceptors (Lipinski definition) is 4. The minimum Gasteiger partial charge on any atom is -0.494 e. The minimum absolute atomic E-state index is 0.238. The Morgan fingerprint density at radius 1 is 1.41 bits per heavy atom. The Balaban J connectivity index is 1.77. The molecule has 122 valence electrons. The highest BCUT2D eigenvalue weighted by Crippen LogP contribution is 2.18. The Hall–Kier alpha value is -1.82. The summed E-state index contributed by atoms with van der Waals surface area (Å²) < 4.78 is 23.5. The number of carbonyl (C=O) groups is 1. The molecule has 1 N–H and O–H groups in total. The van der Waals surface area contributed by atoms with Gasteiger partial charge >= 0.3 is 6.09 Å². The van der Waals surface area contributed by atoms with E-state index in [0.717, 1.165) is 18.4 Å². The summed E-state index contributed by atoms with van der Waals surface area (Å²) in [4.78, 5) is 13.3. The van der Waals surface area contributed by atoms with E-state index in [-0.39, 0.29) is 17.7 Å². The molecule has 0 aromatic heterocycles. The maximum absolute atomic E-state index is 13.6. The van der Waals surface area contributed by atoms with Crippen LogP contribution in [0, 0.1) is 5.82 Å². The molecule has 6 heteroatoms. The molecule has 0 atom stereocenters. The molecule has 1 fully saturated rings. The first kappa shape index (κ1) is 16.5. The van der Waals surface area contributed by atoms with Crippen LogP contribution in [0.15, 0.2) is 18.2 Å². The van der Waals surface area contributed by atoms with Crippen molar-refractivity contribution in [2.45, 2.75) is 32.4 Å². The Morgan fingerprint density at radius 2 is 2.14 bits per heavy atom. The van der Waals surface area contributed by atoms with Crippen molar-refractivity contribution in [3.63, 3.8) is 0 Å². The van der Waals surface area contributed by atoms with Crippen LogP contribution in [0.25, 0.3) is 0 Å². The Kier molecular flexibility index (Phi) is 6.00. The summed E-state index contributed by atoms with van der Waals surface area (Å²) in [7, 11) is 1.45. The van der Waals surface area contributed by atoms with Crippen molar-refractivity contribution in [2.75, 3.05) is 26.8 Å². The lowest BCUT2D eigenvalue weighted by Crippen LogP contribution is -2.44. The molecule has 1 amide bonds. The van der Waals surface area contributed by atoms with Gasteiger partial charge in [0.15, 0.2) is 11.6 Å². The molecule has 0 saturated carbocycles. The number of carbonyl (C=O) groups excluding carboxylic acids is 1. The van der Waals surface area contributed by atoms with Crippen molar-refractivity contribution in [2.24, 2.45) is 0 Å². The van der Waals surface area contributed by atoms with Crippen LogP contribution in [0.5, 0.6) is 5.75 Å². The number of rotatable bonds is 5. The molecule has 22 heavy (non-hydrogen) atoms. The van der Waals surface area contributed by atoms with Gasteiger partial charge in [0, 0.05) is 25.7 Å². The van der Waals surface area contributed by atoms with E-state index in [1.165, 1.54) is 13.2 Å². The summed E-state index contributed by atoms with van der Waals surface area (Å²) in [6, 6.07) is 5.30. The summed E-state index contributed by atoms with van der Waals surface area (Å²) in [5.74, 6) is -0.0922. The van der Waals surface area contributed by atoms with Crippen LogP contribution in [-0.4, -0.2) is 43.8 Å². The Bertz CT molecular complexity index is 502. The van der Waals surface area contributed by atoms with Gasteiger partial charge in [0.05, 0.1) is 13.7 Å². The largest absolute Gasteiger partial charge is 0.494 e. The fourth-order valence-electron chi connectivity index (χ4n) is 2.56. The highest BCUT2D eigenvalue weighted by atomic mass is 19.1. The van der Waals surface area contributed by atoms with Crippen LogP contribution in [0.2, 0.25) is 0 Å². The molecule has 1 aromatic rings. The van der Waals surface area contributed by atoms with Crippen molar-refractivity contribution >= 4 is 6.09 Å². The molecule has 1 heterocycles. The van der Waals surface area contributed by atoms with Gasteiger partial charge in [-0.2, -0.15) is 0 Å². The van der Waals surface area contributed by atoms with Gasteiger partial charge in [-0.25, -0.2) is 9.18 Å². The van der Waals surface area contributed by atoms with Crippen LogP contribution >= 0.6 is 0 Å². The molecule has 1 aromatic carbocycles. The minimum atomic E-state index is -0.348. The SMILES string of the molecule is CCOC(=O)N1CCC(NCc2ccc(OC)c(F)c2)CC1. The highest BCUT2D eigenvalue weighted by Gasteiger charge is 2.23. The summed E-state index contributed by atoms with van der Waals surface area (Å²) in [6.07, 6.45) is 1.51. The second-order valence-corrected chi connectivity index (χ2v) is 5.31. The predicted octanol–water partition coefficient (Wildman–Crippen LogP) is 2.54. The number of nitrogens with zero attached hydrogens (tertiary/aromatic N) is 1. The molecule has 1 saturated heterocycles. The van der Waals surface area contributed by atoms with E-state index in [9.17, 15) is 9.18 Å². The molecule has 0 radical (unpaired) electrons. The van der Waals surface area contributed by atoms with Gasteiger partial charge in [-0.15, -0.1) is 0 Å². The third-order valence-corrected chi connectivity index (χ3v) is 3.83. The number of nitrogens with one attached hydrogen (secondary N) is 1. The number of hydrogen-bond donors (Lipinski definition) is 1. The van der Waals surface area contributed by atoms with Crippen LogP contribution in [0.4, 0.5) is 9.18 Å². The van der Waals surface area contributed by atoms with Crippen molar-refractivity contribution in [3.05, 3.63) is 29.6 Å². The first-order chi connectivity index (χ1) is 10.6. The number of amides is 1. The van der Waals surface area contributed by atoms with E-state index in [1.807, 2.05) is 6.07 Å². The molecule has 2 rings (SSSR count). The third-order valence-electron chi connectivity index (χ3n) is 3.83. The maximum atomic E-state index is 13.6. The van der Waals surface area contributed by atoms with E-state index in [0.29, 0.717) is 32.3 Å². The zero-order valence-electron chi connectivity index (χ0n) is 13.1. The van der Waals surface area contributed by atoms with E-state index in [1.54, 1.807) is 17.9 Å². The summed E-state index contributed by atoms with van der Waals surface area (Å²) in [6.45, 7) is 4.19. The smallest absolute Gasteiger partial charge is 0.409 e. The fraction of sp³-hybridized carbons (Fsp3) is 0.562. The van der Waals surface area contributed by atoms with Gasteiger partial charge in [-0.05, 0) is 37.5 Å². The van der Waals surface area contributed by atoms with Crippen LogP contribution in [0.3, 0.4) is 0 Å². The van der Waals surface area contributed by atoms with Crippen molar-refractivity contribution < 1.29 is 18.7 Å². The fourth-order valence-corrected chi connectivity index (χ4v) is 2.56. The summed E-state index contributed by atoms with van der Waals surface area (Å²) >= 11 is 0. The summed E-state index contributed by atoms with van der Waals surface area (Å²) in [5, 5.41) is 3.41. The highest BCUT2D eigenvalue weighted by molar-refractivity contribution is 5.67. The average Bonchev–Trinajstić information content (AvgIpc) is 2.54. The van der Waals surface area contributed by atoms with Gasteiger partial charge < -0.3 is 19.7 Å². The molecule has 1 aliphatic rings. The first-order valence-electron chi connectivity index (χ1n) is 7.61. The lowest BCUT2D eigenvalue weighted by molar-refractivity contribution is 0.0950. The number of methoxy groups -OCH3 is 1. The monoisotopic (exact) mass is 310 g/mol. The Labute approximate surface area is 130 Å². The molecular weight excluding hydrogens is 287 g/mol. The van der Waals surface area contributed by atoms with Crippen molar-refractivity contribution in [3.8, 4) is 5.75 Å². The lowest BCUT2D eigenvalue weighted by atomic mass is 10.0. The summed E-state index contributed by atoms with van der Waals surface area (Å²) in [5.41, 5.74) is 0.881. The number of halogens is 1. The number of likely N-dealkylation sites (tertiary alicyclic amines) is 1. The predicted molar refractivity (Wildman–Crippen MR) is 81.4 cm³/mol. The van der Waals surface area contributed by atoms with Gasteiger partial charge in [0.25, 0.3) is 0 Å². The van der Waals surface area contributed by atoms with Gasteiger partial charge in [-0.3, -0.25) is 0 Å². The zero-order valence-corrected chi connectivity index (χ0v) is 13.1. The topological polar surface area (TPSA) is 50.8 Å². The van der Waals surface area contributed by atoms with Crippen LogP contribution in [-0.2, 0) is 11.3 Å². The molecule has 0 spiro atoms. The van der Waals surface area contributed by atoms with Gasteiger partial charge in [-0.1, -0.05) is 6.07 Å². The normalized spacial score (nSPS) is 15.7. The van der Waals surface area contributed by atoms with Gasteiger partial charge in [0.1, 0.15) is 0 Å². The second kappa shape index (κ2) is 7.98. The van der Waals surface area contributed by atoms with Crippen LogP contribution < -0.4 is 10.1 Å². The molecule has 1 aliphatic heterocycles. The average molecular weight is 310 g/mol. The van der Waals surface area contributed by atoms with Gasteiger partial charge in [0.2, 0.25) is 0 Å². The maximum Gasteiger partial charge on any atom is 0.409 e. The second-order valence-electron chi connectivity index (χ2n) is 5.31. The lowest BCUT2D eigenvalue weighted by Gasteiger charge is -2.31. The third kappa shape index (κ3) is 4.34. The molecule has 0 unspecified atom stereocenters. The van der Waals surface area contributed by atoms with E-state index < -0.39 is 0 Å². The van der Waals surface area contributed by atoms with E-state index >= 15 is 0 Å².